The number of allylic oxidation sites excluding steroid dienone is 4. The zero-order valence-electron chi connectivity index (χ0n) is 12.5. The molecule has 1 aromatic carbocycles. The Morgan fingerprint density at radius 2 is 2.09 bits per heavy atom. The number of hydrogen-bond acceptors (Lipinski definition) is 4. The van der Waals surface area contributed by atoms with Crippen LogP contribution in [0.25, 0.3) is 0 Å². The minimum Gasteiger partial charge on any atom is -0.454 e. The normalized spacial score (nSPS) is 26.8. The largest absolute Gasteiger partial charge is 0.454 e. The maximum absolute atomic E-state index is 11.6. The molecule has 0 radical (unpaired) electrons. The van der Waals surface area contributed by atoms with Gasteiger partial charge >= 0.3 is 0 Å². The quantitative estimate of drug-likeness (QED) is 0.736. The van der Waals surface area contributed by atoms with Crippen LogP contribution in [0.4, 0.5) is 0 Å². The molecule has 4 heteroatoms. The number of ketones is 1. The Kier molecular flexibility index (Phi) is 2.28. The van der Waals surface area contributed by atoms with E-state index in [9.17, 15) is 4.79 Å². The molecule has 4 aliphatic rings. The van der Waals surface area contributed by atoms with E-state index in [0.717, 1.165) is 30.9 Å². The Bertz CT molecular complexity index is 746. The zero-order chi connectivity index (χ0) is 14.9. The average molecular weight is 295 g/mol. The summed E-state index contributed by atoms with van der Waals surface area (Å²) in [7, 11) is 2.18. The molecule has 0 fully saturated rings. The lowest BCUT2D eigenvalue weighted by atomic mass is 9.77. The van der Waals surface area contributed by atoms with E-state index in [1.807, 2.05) is 0 Å². The molecule has 0 bridgehead atoms. The minimum absolute atomic E-state index is 0.0591. The molecule has 0 unspecified atom stereocenters. The number of nitrogens with zero attached hydrogens (tertiary/aromatic N) is 1. The van der Waals surface area contributed by atoms with Gasteiger partial charge in [-0.1, -0.05) is 12.2 Å². The third-order valence-electron chi connectivity index (χ3n) is 5.47. The van der Waals surface area contributed by atoms with Gasteiger partial charge in [-0.3, -0.25) is 9.69 Å². The fourth-order valence-electron chi connectivity index (χ4n) is 4.39. The highest BCUT2D eigenvalue weighted by molar-refractivity contribution is 6.01. The number of fused-ring (bicyclic) bond motifs is 3. The van der Waals surface area contributed by atoms with Gasteiger partial charge in [-0.25, -0.2) is 0 Å². The summed E-state index contributed by atoms with van der Waals surface area (Å²) in [6.45, 7) is 1.34. The van der Waals surface area contributed by atoms with E-state index in [-0.39, 0.29) is 18.0 Å². The molecular weight excluding hydrogens is 278 g/mol. The SMILES string of the molecule is CN1CCc2cc3c(c4c2[C@@H]1CC41C=CC(=O)C=C1)OCO3. The van der Waals surface area contributed by atoms with Gasteiger partial charge in [-0.15, -0.1) is 0 Å². The minimum atomic E-state index is -0.236. The first-order chi connectivity index (χ1) is 10.7. The topological polar surface area (TPSA) is 38.8 Å². The van der Waals surface area contributed by atoms with Crippen LogP contribution in [-0.2, 0) is 16.6 Å². The summed E-state index contributed by atoms with van der Waals surface area (Å²) in [5.74, 6) is 1.79. The van der Waals surface area contributed by atoms with E-state index < -0.39 is 0 Å². The van der Waals surface area contributed by atoms with E-state index in [0.29, 0.717) is 6.04 Å². The highest BCUT2D eigenvalue weighted by Crippen LogP contribution is 2.58. The molecule has 4 nitrogen and oxygen atoms in total. The van der Waals surface area contributed by atoms with Crippen molar-refractivity contribution in [1.29, 1.82) is 0 Å². The van der Waals surface area contributed by atoms with Gasteiger partial charge in [0, 0.05) is 23.6 Å². The molecule has 0 N–H and O–H groups in total. The van der Waals surface area contributed by atoms with Gasteiger partial charge in [-0.05, 0) is 49.2 Å². The monoisotopic (exact) mass is 295 g/mol. The van der Waals surface area contributed by atoms with Gasteiger partial charge in [0.15, 0.2) is 17.3 Å². The first-order valence-corrected chi connectivity index (χ1v) is 7.76. The Hall–Kier alpha value is -2.07. The Morgan fingerprint density at radius 3 is 2.91 bits per heavy atom. The van der Waals surface area contributed by atoms with E-state index in [4.69, 9.17) is 9.47 Å². The molecule has 0 saturated heterocycles. The van der Waals surface area contributed by atoms with Crippen molar-refractivity contribution in [3.05, 3.63) is 47.1 Å². The molecule has 112 valence electrons. The maximum Gasteiger partial charge on any atom is 0.231 e. The van der Waals surface area contributed by atoms with E-state index >= 15 is 0 Å². The van der Waals surface area contributed by atoms with Crippen LogP contribution in [0.5, 0.6) is 11.5 Å². The van der Waals surface area contributed by atoms with Crippen molar-refractivity contribution in [3.8, 4) is 11.5 Å². The standard InChI is InChI=1S/C18H17NO3/c1-19-7-4-11-8-14-17(22-10-21-14)16-15(11)13(19)9-18(16)5-2-12(20)3-6-18/h2-3,5-6,8,13H,4,7,9-10H2,1H3/t13-/m0/s1. The summed E-state index contributed by atoms with van der Waals surface area (Å²) in [4.78, 5) is 14.0. The molecule has 2 aliphatic carbocycles. The lowest BCUT2D eigenvalue weighted by Crippen LogP contribution is -2.31. The molecule has 22 heavy (non-hydrogen) atoms. The molecular formula is C18H17NO3. The summed E-state index contributed by atoms with van der Waals surface area (Å²) >= 11 is 0. The molecule has 1 aromatic rings. The van der Waals surface area contributed by atoms with Gasteiger partial charge in [-0.2, -0.15) is 0 Å². The summed E-state index contributed by atoms with van der Waals surface area (Å²) in [5, 5.41) is 0. The predicted octanol–water partition coefficient (Wildman–Crippen LogP) is 2.28. The molecule has 5 rings (SSSR count). The van der Waals surface area contributed by atoms with Crippen LogP contribution in [0, 0.1) is 0 Å². The van der Waals surface area contributed by atoms with Crippen molar-refractivity contribution in [2.75, 3.05) is 20.4 Å². The van der Waals surface area contributed by atoms with E-state index in [1.165, 1.54) is 16.7 Å². The number of hydrogen-bond donors (Lipinski definition) is 0. The predicted molar refractivity (Wildman–Crippen MR) is 81.2 cm³/mol. The van der Waals surface area contributed by atoms with Crippen molar-refractivity contribution in [3.63, 3.8) is 0 Å². The van der Waals surface area contributed by atoms with Gasteiger partial charge in [0.05, 0.1) is 0 Å². The van der Waals surface area contributed by atoms with Crippen LogP contribution < -0.4 is 9.47 Å². The van der Waals surface area contributed by atoms with Crippen LogP contribution in [0.2, 0.25) is 0 Å². The second-order valence-electron chi connectivity index (χ2n) is 6.62. The number of benzene rings is 1. The van der Waals surface area contributed by atoms with E-state index in [2.05, 4.69) is 30.2 Å². The van der Waals surface area contributed by atoms with Crippen LogP contribution in [0.3, 0.4) is 0 Å². The van der Waals surface area contributed by atoms with Gasteiger partial charge in [0.2, 0.25) is 6.79 Å². The first-order valence-electron chi connectivity index (χ1n) is 7.76. The molecule has 1 atom stereocenters. The van der Waals surface area contributed by atoms with Crippen molar-refractivity contribution >= 4 is 5.78 Å². The van der Waals surface area contributed by atoms with Gasteiger partial charge in [0.25, 0.3) is 0 Å². The Labute approximate surface area is 129 Å². The van der Waals surface area contributed by atoms with E-state index in [1.54, 1.807) is 12.2 Å². The number of carbonyl (C=O) groups excluding carboxylic acids is 1. The number of likely N-dealkylation sites (N-methyl/N-ethyl adjacent to an activating group) is 1. The van der Waals surface area contributed by atoms with Crippen LogP contribution >= 0.6 is 0 Å². The fourth-order valence-corrected chi connectivity index (χ4v) is 4.39. The van der Waals surface area contributed by atoms with Crippen LogP contribution in [0.1, 0.15) is 29.2 Å². The second kappa shape index (κ2) is 4.02. The third kappa shape index (κ3) is 1.43. The second-order valence-corrected chi connectivity index (χ2v) is 6.62. The summed E-state index contributed by atoms with van der Waals surface area (Å²) in [6.07, 6.45) is 9.50. The van der Waals surface area contributed by atoms with Crippen LogP contribution in [-0.4, -0.2) is 31.1 Å². The molecule has 1 spiro atoms. The lowest BCUT2D eigenvalue weighted by Gasteiger charge is -2.32. The maximum atomic E-state index is 11.6. The zero-order valence-corrected chi connectivity index (χ0v) is 12.5. The molecule has 2 aliphatic heterocycles. The molecule has 0 amide bonds. The average Bonchev–Trinajstić information content (AvgIpc) is 3.10. The number of ether oxygens (including phenoxy) is 2. The Balaban J connectivity index is 1.81. The van der Waals surface area contributed by atoms with Gasteiger partial charge < -0.3 is 9.47 Å². The molecule has 0 aromatic heterocycles. The third-order valence-corrected chi connectivity index (χ3v) is 5.47. The highest BCUT2D eigenvalue weighted by Gasteiger charge is 2.49. The summed E-state index contributed by atoms with van der Waals surface area (Å²) in [5.41, 5.74) is 3.74. The Morgan fingerprint density at radius 1 is 1.27 bits per heavy atom. The van der Waals surface area contributed by atoms with Crippen LogP contribution in [0.15, 0.2) is 30.4 Å². The van der Waals surface area contributed by atoms with Crippen molar-refractivity contribution in [1.82, 2.24) is 4.90 Å². The summed E-state index contributed by atoms with van der Waals surface area (Å²) in [6, 6.07) is 2.54. The molecule has 0 saturated carbocycles. The van der Waals surface area contributed by atoms with Crippen molar-refractivity contribution in [2.45, 2.75) is 24.3 Å². The summed E-state index contributed by atoms with van der Waals surface area (Å²) < 4.78 is 11.5. The first kappa shape index (κ1) is 12.5. The smallest absolute Gasteiger partial charge is 0.231 e. The fraction of sp³-hybridized carbons (Fsp3) is 0.389. The highest BCUT2D eigenvalue weighted by atomic mass is 16.7. The number of carbonyl (C=O) groups is 1. The lowest BCUT2D eigenvalue weighted by molar-refractivity contribution is -0.110. The molecule has 2 heterocycles. The number of rotatable bonds is 0. The van der Waals surface area contributed by atoms with Crippen molar-refractivity contribution < 1.29 is 14.3 Å². The van der Waals surface area contributed by atoms with Crippen molar-refractivity contribution in [2.24, 2.45) is 0 Å². The van der Waals surface area contributed by atoms with Gasteiger partial charge in [0.1, 0.15) is 0 Å².